The second-order valence-electron chi connectivity index (χ2n) is 10.8. The highest BCUT2D eigenvalue weighted by molar-refractivity contribution is 5.96. The Morgan fingerprint density at radius 1 is 1.14 bits per heavy atom. The van der Waals surface area contributed by atoms with E-state index in [9.17, 15) is 22.8 Å². The lowest BCUT2D eigenvalue weighted by atomic mass is 9.76. The number of alkyl halides is 3. The molecule has 4 rings (SSSR count). The monoisotopic (exact) mass is 522 g/mol. The van der Waals surface area contributed by atoms with Crippen LogP contribution in [0.5, 0.6) is 0 Å². The van der Waals surface area contributed by atoms with Crippen molar-refractivity contribution in [2.45, 2.75) is 52.3 Å². The van der Waals surface area contributed by atoms with Gasteiger partial charge in [0, 0.05) is 26.1 Å². The zero-order chi connectivity index (χ0) is 26.6. The molecular weight excluding hydrogens is 485 g/mol. The number of benzene rings is 1. The summed E-state index contributed by atoms with van der Waals surface area (Å²) in [6, 6.07) is 6.54. The van der Waals surface area contributed by atoms with Crippen LogP contribution in [0.4, 0.5) is 13.2 Å². The maximum Gasteiger partial charge on any atom is 0.406 e. The molecule has 7 nitrogen and oxygen atoms in total. The summed E-state index contributed by atoms with van der Waals surface area (Å²) in [6.07, 6.45) is -2.03. The number of nitrogens with one attached hydrogen (secondary N) is 1. The lowest BCUT2D eigenvalue weighted by Crippen LogP contribution is -2.50. The van der Waals surface area contributed by atoms with Gasteiger partial charge in [0.25, 0.3) is 0 Å². The van der Waals surface area contributed by atoms with Gasteiger partial charge in [0.05, 0.1) is 30.2 Å². The highest BCUT2D eigenvalue weighted by Crippen LogP contribution is 2.33. The molecule has 2 aromatic rings. The summed E-state index contributed by atoms with van der Waals surface area (Å²) in [5.41, 5.74) is 0.682. The Morgan fingerprint density at radius 3 is 2.57 bits per heavy atom. The number of aromatic nitrogens is 2. The van der Waals surface area contributed by atoms with Crippen molar-refractivity contribution in [1.82, 2.24) is 19.8 Å². The standard InChI is InChI=1S/C27H37F3N4O3/c1-18(2)7-8-19(20-13-21(16-31-15-20)26(36)33-9-11-37-12-10-33)14-24(35)25-32-22-5-3-4-6-23(22)34(25)17-27(28,29)30/h3-6,18-21,31H,7-17H2,1-2H3/t19?,20-,21+/m0/s1. The van der Waals surface area contributed by atoms with E-state index in [1.54, 1.807) is 24.3 Å². The first-order valence-electron chi connectivity index (χ1n) is 13.2. The van der Waals surface area contributed by atoms with Crippen molar-refractivity contribution in [3.63, 3.8) is 0 Å². The van der Waals surface area contributed by atoms with Crippen molar-refractivity contribution >= 4 is 22.7 Å². The summed E-state index contributed by atoms with van der Waals surface area (Å²) in [5, 5.41) is 3.39. The molecule has 1 aromatic carbocycles. The van der Waals surface area contributed by atoms with E-state index in [0.717, 1.165) is 17.4 Å². The Balaban J connectivity index is 1.54. The molecule has 0 bridgehead atoms. The third kappa shape index (κ3) is 7.10. The van der Waals surface area contributed by atoms with Gasteiger partial charge in [0.1, 0.15) is 6.54 Å². The van der Waals surface area contributed by atoms with Crippen LogP contribution in [0.15, 0.2) is 24.3 Å². The van der Waals surface area contributed by atoms with Gasteiger partial charge in [0.15, 0.2) is 11.6 Å². The van der Waals surface area contributed by atoms with E-state index in [-0.39, 0.29) is 41.7 Å². The molecule has 1 N–H and O–H groups in total. The van der Waals surface area contributed by atoms with E-state index in [0.29, 0.717) is 62.8 Å². The molecule has 37 heavy (non-hydrogen) atoms. The Morgan fingerprint density at radius 2 is 1.86 bits per heavy atom. The molecule has 2 aliphatic heterocycles. The van der Waals surface area contributed by atoms with Crippen molar-refractivity contribution in [2.75, 3.05) is 39.4 Å². The molecule has 3 heterocycles. The fraction of sp³-hybridized carbons (Fsp3) is 0.667. The van der Waals surface area contributed by atoms with Gasteiger partial charge in [-0.2, -0.15) is 13.2 Å². The smallest absolute Gasteiger partial charge is 0.378 e. The molecule has 0 saturated carbocycles. The number of imidazole rings is 1. The maximum atomic E-state index is 13.5. The van der Waals surface area contributed by atoms with Crippen LogP contribution in [0.3, 0.4) is 0 Å². The van der Waals surface area contributed by atoms with E-state index < -0.39 is 12.7 Å². The normalized spacial score (nSPS) is 21.9. The minimum absolute atomic E-state index is 0.0539. The number of para-hydroxylation sites is 2. The van der Waals surface area contributed by atoms with E-state index in [1.165, 1.54) is 0 Å². The molecule has 2 aliphatic rings. The average Bonchev–Trinajstić information content (AvgIpc) is 3.23. The van der Waals surface area contributed by atoms with E-state index in [2.05, 4.69) is 24.1 Å². The second-order valence-corrected chi connectivity index (χ2v) is 10.8. The minimum atomic E-state index is -4.48. The van der Waals surface area contributed by atoms with Crippen LogP contribution < -0.4 is 5.32 Å². The number of amides is 1. The van der Waals surface area contributed by atoms with Crippen molar-refractivity contribution in [3.8, 4) is 0 Å². The molecule has 1 aromatic heterocycles. The first kappa shape index (κ1) is 27.6. The molecule has 10 heteroatoms. The first-order valence-corrected chi connectivity index (χ1v) is 13.2. The molecular formula is C27H37F3N4O3. The maximum absolute atomic E-state index is 13.5. The molecule has 0 aliphatic carbocycles. The van der Waals surface area contributed by atoms with Crippen LogP contribution >= 0.6 is 0 Å². The van der Waals surface area contributed by atoms with Gasteiger partial charge in [0.2, 0.25) is 5.91 Å². The Hall–Kier alpha value is -2.46. The lowest BCUT2D eigenvalue weighted by Gasteiger charge is -2.37. The van der Waals surface area contributed by atoms with E-state index >= 15 is 0 Å². The summed E-state index contributed by atoms with van der Waals surface area (Å²) in [4.78, 5) is 32.8. The van der Waals surface area contributed by atoms with Crippen LogP contribution in [0.1, 0.15) is 50.1 Å². The predicted octanol–water partition coefficient (Wildman–Crippen LogP) is 4.31. The van der Waals surface area contributed by atoms with Crippen LogP contribution in [-0.4, -0.2) is 71.7 Å². The average molecular weight is 523 g/mol. The number of ether oxygens (including phenoxy) is 1. The molecule has 1 unspecified atom stereocenters. The number of halogens is 3. The van der Waals surface area contributed by atoms with Crippen LogP contribution in [-0.2, 0) is 16.1 Å². The molecule has 0 radical (unpaired) electrons. The molecule has 3 atom stereocenters. The predicted molar refractivity (Wildman–Crippen MR) is 134 cm³/mol. The van der Waals surface area contributed by atoms with Crippen molar-refractivity contribution in [3.05, 3.63) is 30.1 Å². The Labute approximate surface area is 215 Å². The topological polar surface area (TPSA) is 76.5 Å². The third-order valence-corrected chi connectivity index (χ3v) is 7.53. The van der Waals surface area contributed by atoms with Gasteiger partial charge in [-0.15, -0.1) is 0 Å². The van der Waals surface area contributed by atoms with Crippen LogP contribution in [0.2, 0.25) is 0 Å². The number of hydrogen-bond acceptors (Lipinski definition) is 5. The summed E-state index contributed by atoms with van der Waals surface area (Å²) in [6.45, 7) is 6.51. The van der Waals surface area contributed by atoms with Gasteiger partial charge in [-0.25, -0.2) is 4.98 Å². The number of piperidine rings is 1. The SMILES string of the molecule is CC(C)CCC(CC(=O)c1nc2ccccc2n1CC(F)(F)F)[C@@H]1CNC[C@H](C(=O)N2CCOCC2)C1. The van der Waals surface area contributed by atoms with E-state index in [1.807, 2.05) is 4.90 Å². The van der Waals surface area contributed by atoms with E-state index in [4.69, 9.17) is 4.74 Å². The largest absolute Gasteiger partial charge is 0.406 e. The zero-order valence-electron chi connectivity index (χ0n) is 21.6. The number of morpholine rings is 1. The molecule has 2 saturated heterocycles. The number of carbonyl (C=O) groups is 2. The Kier molecular flexibility index (Phi) is 8.90. The molecule has 2 fully saturated rings. The lowest BCUT2D eigenvalue weighted by molar-refractivity contribution is -0.141. The van der Waals surface area contributed by atoms with Crippen molar-refractivity contribution in [1.29, 1.82) is 0 Å². The third-order valence-electron chi connectivity index (χ3n) is 7.53. The highest BCUT2D eigenvalue weighted by atomic mass is 19.4. The molecule has 204 valence electrons. The van der Waals surface area contributed by atoms with Crippen molar-refractivity contribution < 1.29 is 27.5 Å². The number of Topliss-reactive ketones (excluding diaryl/α,β-unsaturated/α-hetero) is 1. The van der Waals surface area contributed by atoms with Crippen LogP contribution in [0, 0.1) is 23.7 Å². The Bertz CT molecular complexity index is 1080. The number of hydrogen-bond donors (Lipinski definition) is 1. The van der Waals surface area contributed by atoms with Crippen LogP contribution in [0.25, 0.3) is 11.0 Å². The minimum Gasteiger partial charge on any atom is -0.378 e. The summed E-state index contributed by atoms with van der Waals surface area (Å²) < 4.78 is 46.6. The van der Waals surface area contributed by atoms with Gasteiger partial charge in [-0.1, -0.05) is 32.4 Å². The number of carbonyl (C=O) groups excluding carboxylic acids is 2. The zero-order valence-corrected chi connectivity index (χ0v) is 21.6. The number of nitrogens with zero attached hydrogens (tertiary/aromatic N) is 3. The fourth-order valence-electron chi connectivity index (χ4n) is 5.57. The molecule has 1 amide bonds. The number of ketones is 1. The van der Waals surface area contributed by atoms with Gasteiger partial charge in [-0.3, -0.25) is 9.59 Å². The molecule has 0 spiro atoms. The van der Waals surface area contributed by atoms with Gasteiger partial charge >= 0.3 is 6.18 Å². The summed E-state index contributed by atoms with van der Waals surface area (Å²) in [5.74, 6) is -0.137. The highest BCUT2D eigenvalue weighted by Gasteiger charge is 2.36. The number of rotatable bonds is 9. The van der Waals surface area contributed by atoms with Gasteiger partial charge < -0.3 is 19.5 Å². The first-order chi connectivity index (χ1) is 17.6. The van der Waals surface area contributed by atoms with Crippen molar-refractivity contribution in [2.24, 2.45) is 23.7 Å². The summed E-state index contributed by atoms with van der Waals surface area (Å²) >= 11 is 0. The number of fused-ring (bicyclic) bond motifs is 1. The quantitative estimate of drug-likeness (QED) is 0.497. The fourth-order valence-corrected chi connectivity index (χ4v) is 5.57. The summed E-state index contributed by atoms with van der Waals surface area (Å²) in [7, 11) is 0. The second kappa shape index (κ2) is 11.9. The van der Waals surface area contributed by atoms with Gasteiger partial charge in [-0.05, 0) is 49.3 Å².